The molecule has 1 heterocycles. The van der Waals surface area contributed by atoms with Crippen LogP contribution in [0.3, 0.4) is 0 Å². The molecule has 0 aliphatic carbocycles. The zero-order chi connectivity index (χ0) is 15.4. The van der Waals surface area contributed by atoms with Crippen LogP contribution >= 0.6 is 24.4 Å². The number of amides is 1. The summed E-state index contributed by atoms with van der Waals surface area (Å²) in [6.45, 7) is 9.01. The van der Waals surface area contributed by atoms with Crippen molar-refractivity contribution in [1.29, 1.82) is 0 Å². The normalized spacial score (nSPS) is 16.7. The van der Waals surface area contributed by atoms with Crippen LogP contribution in [0.15, 0.2) is 52.9 Å². The van der Waals surface area contributed by atoms with Gasteiger partial charge in [0.15, 0.2) is 6.54 Å². The third-order valence-corrected chi connectivity index (χ3v) is 4.72. The summed E-state index contributed by atoms with van der Waals surface area (Å²) in [5, 5.41) is 1.72. The third kappa shape index (κ3) is 3.24. The predicted molar refractivity (Wildman–Crippen MR) is 93.4 cm³/mol. The zero-order valence-electron chi connectivity index (χ0n) is 12.2. The topological polar surface area (TPSA) is 23.3 Å². The largest absolute Gasteiger partial charge is 0.412 e. The van der Waals surface area contributed by atoms with Crippen LogP contribution in [-0.2, 0) is 4.79 Å². The third-order valence-electron chi connectivity index (χ3n) is 3.24. The van der Waals surface area contributed by atoms with E-state index in [0.717, 1.165) is 11.6 Å². The average molecular weight is 319 g/mol. The molecule has 0 bridgehead atoms. The summed E-state index contributed by atoms with van der Waals surface area (Å²) in [6, 6.07) is 8.29. The number of fused-ring (bicyclic) bond motifs is 1. The number of para-hydroxylation sites is 1. The Kier molecular flexibility index (Phi) is 5.31. The van der Waals surface area contributed by atoms with Crippen LogP contribution in [0, 0.1) is 0 Å². The minimum Gasteiger partial charge on any atom is -0.335 e. The van der Waals surface area contributed by atoms with Gasteiger partial charge in [0.05, 0.1) is 10.7 Å². The number of hydrogen-bond donors (Lipinski definition) is 1. The molecule has 0 aromatic heterocycles. The van der Waals surface area contributed by atoms with Crippen molar-refractivity contribution >= 4 is 41.0 Å². The molecular formula is C16H19N2OS2+. The quantitative estimate of drug-likeness (QED) is 0.302. The summed E-state index contributed by atoms with van der Waals surface area (Å²) in [5.74, 6) is -0.136. The summed E-state index contributed by atoms with van der Waals surface area (Å²) >= 11 is 6.19. The molecule has 1 amide bonds. The molecule has 1 aromatic carbocycles. The van der Waals surface area contributed by atoms with Gasteiger partial charge in [-0.3, -0.25) is 0 Å². The van der Waals surface area contributed by atoms with Gasteiger partial charge in [0.1, 0.15) is 0 Å². The summed E-state index contributed by atoms with van der Waals surface area (Å²) in [6.07, 6.45) is 3.26. The predicted octanol–water partition coefficient (Wildman–Crippen LogP) is 3.53. The highest BCUT2D eigenvalue weighted by molar-refractivity contribution is 8.04. The van der Waals surface area contributed by atoms with Gasteiger partial charge in [-0.2, -0.15) is 4.58 Å². The van der Waals surface area contributed by atoms with Crippen molar-refractivity contribution in [1.82, 2.24) is 0 Å². The van der Waals surface area contributed by atoms with Gasteiger partial charge in [0.2, 0.25) is 5.04 Å². The van der Waals surface area contributed by atoms with E-state index in [9.17, 15) is 4.79 Å². The molecule has 110 valence electrons. The van der Waals surface area contributed by atoms with E-state index < -0.39 is 0 Å². The molecule has 1 aromatic rings. The monoisotopic (exact) mass is 319 g/mol. The second-order valence-corrected chi connectivity index (χ2v) is 5.96. The Morgan fingerprint density at radius 1 is 1.43 bits per heavy atom. The van der Waals surface area contributed by atoms with Crippen molar-refractivity contribution in [3.05, 3.63) is 48.0 Å². The molecule has 0 unspecified atom stereocenters. The maximum Gasteiger partial charge on any atom is 0.412 e. The summed E-state index contributed by atoms with van der Waals surface area (Å²) < 4.78 is 1.60. The molecule has 0 radical (unpaired) electrons. The van der Waals surface area contributed by atoms with Crippen molar-refractivity contribution in [2.45, 2.75) is 18.7 Å². The number of anilines is 1. The van der Waals surface area contributed by atoms with Gasteiger partial charge in [0, 0.05) is 23.6 Å². The van der Waals surface area contributed by atoms with Gasteiger partial charge in [-0.05, 0) is 26.0 Å². The van der Waals surface area contributed by atoms with E-state index >= 15 is 0 Å². The average Bonchev–Trinajstić information content (AvgIpc) is 2.84. The van der Waals surface area contributed by atoms with Gasteiger partial charge >= 0.3 is 5.91 Å². The van der Waals surface area contributed by atoms with E-state index in [2.05, 4.69) is 43.2 Å². The molecule has 0 saturated carbocycles. The lowest BCUT2D eigenvalue weighted by Gasteiger charge is -2.17. The first-order valence-electron chi connectivity index (χ1n) is 6.88. The Hall–Kier alpha value is -1.46. The van der Waals surface area contributed by atoms with Crippen LogP contribution in [0.25, 0.3) is 0 Å². The Morgan fingerprint density at radius 3 is 2.76 bits per heavy atom. The van der Waals surface area contributed by atoms with E-state index in [1.165, 1.54) is 16.7 Å². The first-order chi connectivity index (χ1) is 10.1. The fourth-order valence-electron chi connectivity index (χ4n) is 2.22. The Morgan fingerprint density at radius 2 is 2.14 bits per heavy atom. The SMILES string of the molecule is C=CC(=O)[N+](CC)=C(S)C=C1Sc2ccccc2N1CC. The molecule has 0 fully saturated rings. The first kappa shape index (κ1) is 15.9. The lowest BCUT2D eigenvalue weighted by Crippen LogP contribution is -2.24. The van der Waals surface area contributed by atoms with Gasteiger partial charge < -0.3 is 4.90 Å². The number of thiol groups is 1. The molecule has 0 N–H and O–H groups in total. The molecule has 0 saturated heterocycles. The molecule has 5 heteroatoms. The molecule has 1 aliphatic rings. The van der Waals surface area contributed by atoms with Gasteiger partial charge in [-0.1, -0.05) is 43.1 Å². The number of thioether (sulfide) groups is 1. The molecule has 21 heavy (non-hydrogen) atoms. The van der Waals surface area contributed by atoms with Crippen molar-refractivity contribution in [3.8, 4) is 0 Å². The number of carbonyl (C=O) groups excluding carboxylic acids is 1. The van der Waals surface area contributed by atoms with Crippen molar-refractivity contribution in [2.75, 3.05) is 18.0 Å². The number of rotatable bonds is 4. The van der Waals surface area contributed by atoms with Gasteiger partial charge in [-0.25, -0.2) is 4.79 Å². The number of hydrogen-bond acceptors (Lipinski definition) is 3. The fraction of sp³-hybridized carbons (Fsp3) is 0.250. The van der Waals surface area contributed by atoms with E-state index in [1.807, 2.05) is 25.1 Å². The smallest absolute Gasteiger partial charge is 0.335 e. The van der Waals surface area contributed by atoms with Crippen LogP contribution in [0.2, 0.25) is 0 Å². The van der Waals surface area contributed by atoms with E-state index in [4.69, 9.17) is 0 Å². The van der Waals surface area contributed by atoms with Crippen LogP contribution in [0.1, 0.15) is 13.8 Å². The van der Waals surface area contributed by atoms with Crippen molar-refractivity contribution in [3.63, 3.8) is 0 Å². The number of benzene rings is 1. The second kappa shape index (κ2) is 7.00. The van der Waals surface area contributed by atoms with Gasteiger partial charge in [-0.15, -0.1) is 0 Å². The van der Waals surface area contributed by atoms with Gasteiger partial charge in [0.25, 0.3) is 0 Å². The number of likely N-dealkylation sites (N-methyl/N-ethyl adjacent to an activating group) is 1. The number of nitrogens with zero attached hydrogens (tertiary/aromatic N) is 2. The van der Waals surface area contributed by atoms with E-state index in [0.29, 0.717) is 11.6 Å². The highest BCUT2D eigenvalue weighted by atomic mass is 32.2. The summed E-state index contributed by atoms with van der Waals surface area (Å²) in [5.41, 5.74) is 1.20. The molecule has 2 rings (SSSR count). The minimum atomic E-state index is -0.136. The molecule has 1 aliphatic heterocycles. The van der Waals surface area contributed by atoms with E-state index in [1.54, 1.807) is 16.3 Å². The fourth-order valence-corrected chi connectivity index (χ4v) is 3.83. The van der Waals surface area contributed by atoms with Crippen molar-refractivity contribution in [2.24, 2.45) is 0 Å². The molecule has 0 spiro atoms. The lowest BCUT2D eigenvalue weighted by molar-refractivity contribution is -0.436. The highest BCUT2D eigenvalue weighted by Crippen LogP contribution is 2.45. The second-order valence-electron chi connectivity index (χ2n) is 4.44. The Balaban J connectivity index is 2.40. The summed E-state index contributed by atoms with van der Waals surface area (Å²) in [7, 11) is 0. The van der Waals surface area contributed by atoms with Crippen molar-refractivity contribution < 1.29 is 9.37 Å². The molecule has 3 nitrogen and oxygen atoms in total. The molecule has 0 atom stereocenters. The Bertz CT molecular complexity index is 635. The lowest BCUT2D eigenvalue weighted by atomic mass is 10.3. The number of carbonyl (C=O) groups is 1. The molecular weight excluding hydrogens is 300 g/mol. The zero-order valence-corrected chi connectivity index (χ0v) is 14.0. The minimum absolute atomic E-state index is 0.136. The van der Waals surface area contributed by atoms with Crippen LogP contribution < -0.4 is 4.90 Å². The maximum absolute atomic E-state index is 11.8. The highest BCUT2D eigenvalue weighted by Gasteiger charge is 2.25. The van der Waals surface area contributed by atoms with Crippen LogP contribution in [-0.4, -0.2) is 28.6 Å². The maximum atomic E-state index is 11.8. The first-order valence-corrected chi connectivity index (χ1v) is 8.14. The standard InChI is InChI=1S/C16H18N2OS2/c1-4-14(19)18(6-3)15(20)11-16-17(5-2)12-9-7-8-10-13(12)21-16/h4,7-11H,1,5-6H2,2-3H3/p+1. The van der Waals surface area contributed by atoms with Crippen LogP contribution in [0.5, 0.6) is 0 Å². The van der Waals surface area contributed by atoms with Crippen LogP contribution in [0.4, 0.5) is 5.69 Å². The Labute approximate surface area is 135 Å². The summed E-state index contributed by atoms with van der Waals surface area (Å²) in [4.78, 5) is 15.3. The van der Waals surface area contributed by atoms with E-state index in [-0.39, 0.29) is 5.91 Å².